The second-order valence-corrected chi connectivity index (χ2v) is 8.52. The van der Waals surface area contributed by atoms with E-state index in [1.807, 2.05) is 49.2 Å². The zero-order valence-corrected chi connectivity index (χ0v) is 17.9. The molecule has 0 radical (unpaired) electrons. The number of hydrogen-bond donors (Lipinski definition) is 1. The molecule has 1 atom stereocenters. The molecule has 1 fully saturated rings. The van der Waals surface area contributed by atoms with Gasteiger partial charge in [-0.05, 0) is 50.8 Å². The van der Waals surface area contributed by atoms with Crippen LogP contribution in [0.4, 0.5) is 10.9 Å². The molecule has 8 heteroatoms. The summed E-state index contributed by atoms with van der Waals surface area (Å²) in [6.07, 6.45) is 11.7. The van der Waals surface area contributed by atoms with Gasteiger partial charge in [0.05, 0.1) is 11.7 Å². The average Bonchev–Trinajstić information content (AvgIpc) is 3.16. The van der Waals surface area contributed by atoms with E-state index in [1.54, 1.807) is 29.8 Å². The lowest BCUT2D eigenvalue weighted by molar-refractivity contribution is -0.129. The average molecular weight is 421 g/mol. The van der Waals surface area contributed by atoms with Gasteiger partial charge in [0.2, 0.25) is 5.91 Å². The number of aromatic nitrogens is 4. The van der Waals surface area contributed by atoms with Crippen molar-refractivity contribution in [2.24, 2.45) is 0 Å². The minimum atomic E-state index is -0.0647. The van der Waals surface area contributed by atoms with Gasteiger partial charge < -0.3 is 10.2 Å². The van der Waals surface area contributed by atoms with Crippen molar-refractivity contribution >= 4 is 34.3 Å². The Morgan fingerprint density at radius 1 is 1.27 bits per heavy atom. The first-order valence-corrected chi connectivity index (χ1v) is 10.8. The third kappa shape index (κ3) is 4.88. The van der Waals surface area contributed by atoms with Gasteiger partial charge >= 0.3 is 0 Å². The fraction of sp³-hybridized carbons (Fsp3) is 0.318. The standard InChI is InChI=1S/C22H24N6OS/c1-15-13-24-22(30-15)27-20-12-18(25-16(2)26-20)19-7-3-4-11-28(19)21(29)9-8-17-6-5-10-23-14-17/h5-6,8-10,12-14,19H,3-4,7,11H2,1-2H3,(H,24,25,26,27)/b9-8+/t19-/m0/s1. The van der Waals surface area contributed by atoms with E-state index >= 15 is 0 Å². The molecule has 3 aromatic rings. The maximum atomic E-state index is 13.0. The Labute approximate surface area is 179 Å². The van der Waals surface area contributed by atoms with E-state index < -0.39 is 0 Å². The topological polar surface area (TPSA) is 83.9 Å². The Morgan fingerprint density at radius 3 is 2.93 bits per heavy atom. The van der Waals surface area contributed by atoms with Gasteiger partial charge in [-0.25, -0.2) is 15.0 Å². The van der Waals surface area contributed by atoms with Gasteiger partial charge in [0.15, 0.2) is 5.13 Å². The quantitative estimate of drug-likeness (QED) is 0.614. The second-order valence-electron chi connectivity index (χ2n) is 7.29. The van der Waals surface area contributed by atoms with Gasteiger partial charge in [-0.3, -0.25) is 9.78 Å². The monoisotopic (exact) mass is 420 g/mol. The Morgan fingerprint density at radius 2 is 2.17 bits per heavy atom. The maximum absolute atomic E-state index is 13.0. The Bertz CT molecular complexity index is 1050. The van der Waals surface area contributed by atoms with E-state index in [4.69, 9.17) is 0 Å². The van der Waals surface area contributed by atoms with E-state index in [1.165, 1.54) is 0 Å². The number of thiazole rings is 1. The molecule has 1 aliphatic heterocycles. The minimum Gasteiger partial charge on any atom is -0.331 e. The lowest BCUT2D eigenvalue weighted by atomic mass is 9.98. The highest BCUT2D eigenvalue weighted by molar-refractivity contribution is 7.15. The summed E-state index contributed by atoms with van der Waals surface area (Å²) in [6.45, 7) is 4.61. The summed E-state index contributed by atoms with van der Waals surface area (Å²) in [5, 5.41) is 4.07. The Hall–Kier alpha value is -3.13. The largest absolute Gasteiger partial charge is 0.331 e. The zero-order valence-electron chi connectivity index (χ0n) is 17.1. The molecule has 1 amide bonds. The summed E-state index contributed by atoms with van der Waals surface area (Å²) in [7, 11) is 0. The van der Waals surface area contributed by atoms with E-state index in [0.717, 1.165) is 47.1 Å². The van der Waals surface area contributed by atoms with Crippen molar-refractivity contribution in [2.45, 2.75) is 39.2 Å². The molecule has 4 rings (SSSR count). The van der Waals surface area contributed by atoms with Crippen molar-refractivity contribution in [1.29, 1.82) is 0 Å². The molecule has 0 aromatic carbocycles. The number of anilines is 2. The number of nitrogens with zero attached hydrogens (tertiary/aromatic N) is 5. The number of carbonyl (C=O) groups is 1. The molecule has 3 aromatic heterocycles. The van der Waals surface area contributed by atoms with Crippen molar-refractivity contribution in [3.8, 4) is 0 Å². The van der Waals surface area contributed by atoms with Crippen LogP contribution in [0.15, 0.2) is 42.9 Å². The van der Waals surface area contributed by atoms with Gasteiger partial charge in [0.1, 0.15) is 11.6 Å². The molecule has 0 spiro atoms. The molecule has 0 saturated carbocycles. The first-order chi connectivity index (χ1) is 14.6. The third-order valence-corrected chi connectivity index (χ3v) is 5.77. The zero-order chi connectivity index (χ0) is 20.9. The Kier molecular flexibility index (Phi) is 6.13. The van der Waals surface area contributed by atoms with Crippen molar-refractivity contribution in [3.63, 3.8) is 0 Å². The number of amides is 1. The summed E-state index contributed by atoms with van der Waals surface area (Å²) >= 11 is 1.58. The van der Waals surface area contributed by atoms with Crippen molar-refractivity contribution in [1.82, 2.24) is 24.8 Å². The number of aryl methyl sites for hydroxylation is 2. The summed E-state index contributed by atoms with van der Waals surface area (Å²) < 4.78 is 0. The molecule has 154 valence electrons. The van der Waals surface area contributed by atoms with E-state index in [-0.39, 0.29) is 11.9 Å². The first kappa shape index (κ1) is 20.2. The predicted octanol–water partition coefficient (Wildman–Crippen LogP) is 4.46. The highest BCUT2D eigenvalue weighted by Crippen LogP contribution is 2.32. The SMILES string of the molecule is Cc1nc(Nc2ncc(C)s2)cc([C@@H]2CCCCN2C(=O)/C=C/c2cccnc2)n1. The number of nitrogens with one attached hydrogen (secondary N) is 1. The summed E-state index contributed by atoms with van der Waals surface area (Å²) in [4.78, 5) is 33.6. The summed E-state index contributed by atoms with van der Waals surface area (Å²) in [5.41, 5.74) is 1.77. The van der Waals surface area contributed by atoms with Gasteiger partial charge in [-0.1, -0.05) is 6.07 Å². The fourth-order valence-corrected chi connectivity index (χ4v) is 4.26. The molecule has 0 bridgehead atoms. The predicted molar refractivity (Wildman–Crippen MR) is 118 cm³/mol. The van der Waals surface area contributed by atoms with Crippen LogP contribution in [0.25, 0.3) is 6.08 Å². The van der Waals surface area contributed by atoms with Crippen LogP contribution in [-0.4, -0.2) is 37.3 Å². The number of carbonyl (C=O) groups excluding carboxylic acids is 1. The van der Waals surface area contributed by atoms with E-state index in [0.29, 0.717) is 11.6 Å². The van der Waals surface area contributed by atoms with Crippen LogP contribution in [0, 0.1) is 13.8 Å². The molecule has 0 aliphatic carbocycles. The van der Waals surface area contributed by atoms with Gasteiger partial charge in [0, 0.05) is 42.2 Å². The van der Waals surface area contributed by atoms with E-state index in [9.17, 15) is 4.79 Å². The molecular formula is C22H24N6OS. The Balaban J connectivity index is 1.56. The van der Waals surface area contributed by atoms with Crippen molar-refractivity contribution in [3.05, 3.63) is 64.8 Å². The number of pyridine rings is 1. The van der Waals surface area contributed by atoms with Gasteiger partial charge in [-0.2, -0.15) is 0 Å². The lowest BCUT2D eigenvalue weighted by Gasteiger charge is -2.35. The molecule has 4 heterocycles. The lowest BCUT2D eigenvalue weighted by Crippen LogP contribution is -2.38. The van der Waals surface area contributed by atoms with Crippen LogP contribution in [0.2, 0.25) is 0 Å². The smallest absolute Gasteiger partial charge is 0.247 e. The number of hydrogen-bond acceptors (Lipinski definition) is 7. The molecule has 7 nitrogen and oxygen atoms in total. The molecule has 1 N–H and O–H groups in total. The normalized spacial score (nSPS) is 16.7. The van der Waals surface area contributed by atoms with Crippen LogP contribution >= 0.6 is 11.3 Å². The molecule has 1 aliphatic rings. The summed E-state index contributed by atoms with van der Waals surface area (Å²) in [6, 6.07) is 5.65. The third-order valence-electron chi connectivity index (χ3n) is 4.94. The van der Waals surface area contributed by atoms with Crippen LogP contribution in [-0.2, 0) is 4.79 Å². The van der Waals surface area contributed by atoms with Crippen LogP contribution in [0.1, 0.15) is 47.3 Å². The fourth-order valence-electron chi connectivity index (χ4n) is 3.59. The summed E-state index contributed by atoms with van der Waals surface area (Å²) in [5.74, 6) is 1.37. The van der Waals surface area contributed by atoms with Crippen LogP contribution < -0.4 is 5.32 Å². The van der Waals surface area contributed by atoms with Gasteiger partial charge in [0.25, 0.3) is 0 Å². The van der Waals surface area contributed by atoms with Crippen molar-refractivity contribution < 1.29 is 4.79 Å². The first-order valence-electron chi connectivity index (χ1n) is 10.0. The number of rotatable bonds is 5. The van der Waals surface area contributed by atoms with Gasteiger partial charge in [-0.15, -0.1) is 11.3 Å². The molecule has 30 heavy (non-hydrogen) atoms. The molecule has 1 saturated heterocycles. The van der Waals surface area contributed by atoms with Crippen LogP contribution in [0.5, 0.6) is 0 Å². The number of piperidine rings is 1. The molecular weight excluding hydrogens is 396 g/mol. The maximum Gasteiger partial charge on any atom is 0.247 e. The van der Waals surface area contributed by atoms with Crippen molar-refractivity contribution in [2.75, 3.05) is 11.9 Å². The van der Waals surface area contributed by atoms with Crippen LogP contribution in [0.3, 0.4) is 0 Å². The highest BCUT2D eigenvalue weighted by Gasteiger charge is 2.28. The minimum absolute atomic E-state index is 0.00937. The second kappa shape index (κ2) is 9.13. The highest BCUT2D eigenvalue weighted by atomic mass is 32.1. The van der Waals surface area contributed by atoms with E-state index in [2.05, 4.69) is 25.3 Å². The number of likely N-dealkylation sites (tertiary alicyclic amines) is 1. The molecule has 0 unspecified atom stereocenters.